The molecule has 0 saturated carbocycles. The van der Waals surface area contributed by atoms with E-state index in [-0.39, 0.29) is 0 Å². The summed E-state index contributed by atoms with van der Waals surface area (Å²) in [6.45, 7) is 0. The van der Waals surface area contributed by atoms with E-state index in [1.165, 1.54) is 11.1 Å². The monoisotopic (exact) mass is 548 g/mol. The SMILES string of the molecule is COc1cccc(CSc2nc(SCc3ccc(-c4ccccc4-c4nn[nH]n4)cc3)c3ccccc3n2)c1. The van der Waals surface area contributed by atoms with E-state index in [1.807, 2.05) is 54.6 Å². The molecule has 6 aromatic rings. The minimum Gasteiger partial charge on any atom is -0.497 e. The van der Waals surface area contributed by atoms with Gasteiger partial charge in [-0.15, -0.1) is 22.0 Å². The first-order valence-electron chi connectivity index (χ1n) is 12.3. The molecule has 0 fully saturated rings. The molecule has 0 bridgehead atoms. The van der Waals surface area contributed by atoms with E-state index in [0.717, 1.165) is 55.0 Å². The van der Waals surface area contributed by atoms with Gasteiger partial charge in [0, 0.05) is 22.5 Å². The zero-order chi connectivity index (χ0) is 26.4. The number of fused-ring (bicyclic) bond motifs is 1. The lowest BCUT2D eigenvalue weighted by Crippen LogP contribution is -1.94. The van der Waals surface area contributed by atoms with Crippen LogP contribution >= 0.6 is 23.5 Å². The number of hydrogen-bond acceptors (Lipinski definition) is 8. The van der Waals surface area contributed by atoms with E-state index < -0.39 is 0 Å². The topological polar surface area (TPSA) is 89.5 Å². The number of ether oxygens (including phenoxy) is 1. The van der Waals surface area contributed by atoms with Crippen LogP contribution in [0.15, 0.2) is 107 Å². The molecule has 7 nitrogen and oxygen atoms in total. The minimum absolute atomic E-state index is 0.584. The van der Waals surface area contributed by atoms with Crippen molar-refractivity contribution >= 4 is 34.4 Å². The number of rotatable bonds is 9. The molecule has 2 heterocycles. The van der Waals surface area contributed by atoms with Gasteiger partial charge in [0.05, 0.1) is 12.6 Å². The quantitative estimate of drug-likeness (QED) is 0.117. The van der Waals surface area contributed by atoms with Crippen molar-refractivity contribution in [3.05, 3.63) is 108 Å². The number of benzene rings is 4. The van der Waals surface area contributed by atoms with Crippen molar-refractivity contribution in [2.75, 3.05) is 7.11 Å². The highest BCUT2D eigenvalue weighted by Crippen LogP contribution is 2.33. The van der Waals surface area contributed by atoms with Gasteiger partial charge in [-0.25, -0.2) is 9.97 Å². The molecule has 9 heteroatoms. The first kappa shape index (κ1) is 25.1. The Hall–Kier alpha value is -4.21. The zero-order valence-electron chi connectivity index (χ0n) is 21.1. The number of aromatic nitrogens is 6. The summed E-state index contributed by atoms with van der Waals surface area (Å²) in [5.41, 5.74) is 6.46. The van der Waals surface area contributed by atoms with Crippen LogP contribution in [0, 0.1) is 0 Å². The Morgan fingerprint density at radius 3 is 2.36 bits per heavy atom. The number of thioether (sulfide) groups is 2. The summed E-state index contributed by atoms with van der Waals surface area (Å²) in [4.78, 5) is 9.75. The fraction of sp³-hybridized carbons (Fsp3) is 0.100. The van der Waals surface area contributed by atoms with Crippen molar-refractivity contribution in [2.24, 2.45) is 0 Å². The summed E-state index contributed by atoms with van der Waals surface area (Å²) in [7, 11) is 1.69. The number of tetrazole rings is 1. The van der Waals surface area contributed by atoms with Crippen LogP contribution in [0.1, 0.15) is 11.1 Å². The molecule has 0 aliphatic heterocycles. The summed E-state index contributed by atoms with van der Waals surface area (Å²) >= 11 is 3.37. The van der Waals surface area contributed by atoms with Gasteiger partial charge in [0.1, 0.15) is 10.8 Å². The molecule has 0 unspecified atom stereocenters. The van der Waals surface area contributed by atoms with Crippen molar-refractivity contribution in [3.63, 3.8) is 0 Å². The van der Waals surface area contributed by atoms with Gasteiger partial charge in [-0.3, -0.25) is 0 Å². The van der Waals surface area contributed by atoms with Crippen molar-refractivity contribution in [2.45, 2.75) is 21.7 Å². The average molecular weight is 549 g/mol. The van der Waals surface area contributed by atoms with Gasteiger partial charge in [0.15, 0.2) is 5.16 Å². The number of nitrogens with one attached hydrogen (secondary N) is 1. The van der Waals surface area contributed by atoms with Crippen molar-refractivity contribution in [1.82, 2.24) is 30.6 Å². The highest BCUT2D eigenvalue weighted by Gasteiger charge is 2.12. The first-order chi connectivity index (χ1) is 19.3. The number of H-pyrrole nitrogens is 1. The van der Waals surface area contributed by atoms with Gasteiger partial charge in [0.25, 0.3) is 0 Å². The summed E-state index contributed by atoms with van der Waals surface area (Å²) < 4.78 is 5.36. The second-order valence-corrected chi connectivity index (χ2v) is 10.6. The molecular formula is C30H24N6OS2. The molecule has 0 aliphatic rings. The van der Waals surface area contributed by atoms with Crippen LogP contribution < -0.4 is 4.74 Å². The lowest BCUT2D eigenvalue weighted by atomic mass is 9.98. The maximum absolute atomic E-state index is 5.36. The fourth-order valence-electron chi connectivity index (χ4n) is 4.25. The Labute approximate surface area is 234 Å². The molecule has 0 atom stereocenters. The Bertz CT molecular complexity index is 1710. The largest absolute Gasteiger partial charge is 0.497 e. The summed E-state index contributed by atoms with van der Waals surface area (Å²) in [5.74, 6) is 3.01. The third kappa shape index (κ3) is 5.79. The molecule has 4 aromatic carbocycles. The smallest absolute Gasteiger partial charge is 0.205 e. The molecule has 0 aliphatic carbocycles. The van der Waals surface area contributed by atoms with Gasteiger partial charge >= 0.3 is 0 Å². The van der Waals surface area contributed by atoms with E-state index in [2.05, 4.69) is 63.1 Å². The molecule has 2 aromatic heterocycles. The standard InChI is InChI=1S/C30H24N6OS2/c1-37-23-8-6-7-21(17-23)19-39-30-31-27-12-5-4-11-26(27)29(32-30)38-18-20-13-15-22(16-14-20)24-9-2-3-10-25(24)28-33-35-36-34-28/h2-17H,18-19H2,1H3,(H,33,34,35,36). The summed E-state index contributed by atoms with van der Waals surface area (Å²) in [6, 6.07) is 33.0. The van der Waals surface area contributed by atoms with Crippen molar-refractivity contribution < 1.29 is 4.74 Å². The molecular weight excluding hydrogens is 525 g/mol. The Morgan fingerprint density at radius 1 is 0.744 bits per heavy atom. The average Bonchev–Trinajstić information content (AvgIpc) is 3.54. The van der Waals surface area contributed by atoms with Crippen LogP contribution in [0.2, 0.25) is 0 Å². The number of aromatic amines is 1. The molecule has 0 amide bonds. The minimum atomic E-state index is 0.584. The number of hydrogen-bond donors (Lipinski definition) is 1. The van der Waals surface area contributed by atoms with Crippen LogP contribution in [0.4, 0.5) is 0 Å². The number of para-hydroxylation sites is 1. The van der Waals surface area contributed by atoms with Gasteiger partial charge in [-0.1, -0.05) is 90.6 Å². The Morgan fingerprint density at radius 2 is 1.54 bits per heavy atom. The Balaban J connectivity index is 1.20. The molecule has 192 valence electrons. The van der Waals surface area contributed by atoms with Gasteiger partial charge in [0.2, 0.25) is 5.82 Å². The second-order valence-electron chi connectivity index (χ2n) is 8.74. The highest BCUT2D eigenvalue weighted by molar-refractivity contribution is 7.99. The van der Waals surface area contributed by atoms with E-state index >= 15 is 0 Å². The zero-order valence-corrected chi connectivity index (χ0v) is 22.7. The summed E-state index contributed by atoms with van der Waals surface area (Å²) in [6.07, 6.45) is 0. The van der Waals surface area contributed by atoms with Crippen LogP contribution in [-0.4, -0.2) is 37.7 Å². The van der Waals surface area contributed by atoms with E-state index in [0.29, 0.717) is 5.82 Å². The first-order valence-corrected chi connectivity index (χ1v) is 14.3. The third-order valence-corrected chi connectivity index (χ3v) is 8.18. The van der Waals surface area contributed by atoms with E-state index in [1.54, 1.807) is 30.6 Å². The van der Waals surface area contributed by atoms with E-state index in [9.17, 15) is 0 Å². The maximum Gasteiger partial charge on any atom is 0.205 e. The molecule has 1 N–H and O–H groups in total. The maximum atomic E-state index is 5.36. The lowest BCUT2D eigenvalue weighted by Gasteiger charge is -2.10. The highest BCUT2D eigenvalue weighted by atomic mass is 32.2. The second kappa shape index (κ2) is 11.7. The van der Waals surface area contributed by atoms with E-state index in [4.69, 9.17) is 14.7 Å². The lowest BCUT2D eigenvalue weighted by molar-refractivity contribution is 0.414. The van der Waals surface area contributed by atoms with Crippen LogP contribution in [-0.2, 0) is 11.5 Å². The molecule has 0 saturated heterocycles. The number of nitrogens with zero attached hydrogens (tertiary/aromatic N) is 5. The predicted octanol–water partition coefficient (Wildman–Crippen LogP) is 7.07. The van der Waals surface area contributed by atoms with Crippen molar-refractivity contribution in [1.29, 1.82) is 0 Å². The van der Waals surface area contributed by atoms with Crippen LogP contribution in [0.5, 0.6) is 5.75 Å². The van der Waals surface area contributed by atoms with Crippen LogP contribution in [0.25, 0.3) is 33.4 Å². The third-order valence-electron chi connectivity index (χ3n) is 6.20. The molecule has 0 spiro atoms. The molecule has 39 heavy (non-hydrogen) atoms. The number of methoxy groups -OCH3 is 1. The summed E-state index contributed by atoms with van der Waals surface area (Å²) in [5, 5.41) is 17.4. The normalized spacial score (nSPS) is 11.1. The fourth-order valence-corrected chi connectivity index (χ4v) is 6.08. The van der Waals surface area contributed by atoms with Gasteiger partial charge < -0.3 is 4.74 Å². The predicted molar refractivity (Wildman–Crippen MR) is 157 cm³/mol. The van der Waals surface area contributed by atoms with Crippen LogP contribution in [0.3, 0.4) is 0 Å². The van der Waals surface area contributed by atoms with Crippen molar-refractivity contribution in [3.8, 4) is 28.3 Å². The van der Waals surface area contributed by atoms with Gasteiger partial charge in [-0.05, 0) is 45.7 Å². The Kier molecular flexibility index (Phi) is 7.51. The van der Waals surface area contributed by atoms with Gasteiger partial charge in [-0.2, -0.15) is 5.21 Å². The molecule has 6 rings (SSSR count). The molecule has 0 radical (unpaired) electrons.